The zero-order chi connectivity index (χ0) is 10.1. The van der Waals surface area contributed by atoms with E-state index in [2.05, 4.69) is 0 Å². The quantitative estimate of drug-likeness (QED) is 0.810. The zero-order valence-electron chi connectivity index (χ0n) is 8.12. The van der Waals surface area contributed by atoms with Crippen molar-refractivity contribution < 1.29 is 9.90 Å². The fourth-order valence-corrected chi connectivity index (χ4v) is 1.62. The Morgan fingerprint density at radius 1 is 1.54 bits per heavy atom. The summed E-state index contributed by atoms with van der Waals surface area (Å²) in [5.74, 6) is -0.707. The monoisotopic (exact) mass is 200 g/mol. The largest absolute Gasteiger partial charge is 0.481 e. The topological polar surface area (TPSA) is 37.3 Å². The Morgan fingerprint density at radius 2 is 2.23 bits per heavy atom. The Morgan fingerprint density at radius 3 is 2.69 bits per heavy atom. The molecule has 1 rings (SSSR count). The fourth-order valence-electron chi connectivity index (χ4n) is 0.869. The van der Waals surface area contributed by atoms with E-state index in [4.69, 9.17) is 5.11 Å². The molecular formula is C10H16O2S. The van der Waals surface area contributed by atoms with Gasteiger partial charge in [-0.05, 0) is 24.3 Å². The molecule has 0 saturated carbocycles. The van der Waals surface area contributed by atoms with Crippen molar-refractivity contribution in [3.8, 4) is 0 Å². The molecule has 0 aliphatic rings. The fraction of sp³-hybridized carbons (Fsp3) is 0.500. The lowest BCUT2D eigenvalue weighted by Gasteiger charge is -1.92. The second-order valence-electron chi connectivity index (χ2n) is 2.33. The molecule has 0 amide bonds. The van der Waals surface area contributed by atoms with Crippen molar-refractivity contribution in [1.82, 2.24) is 0 Å². The molecule has 1 N–H and O–H groups in total. The van der Waals surface area contributed by atoms with Crippen LogP contribution in [0, 0.1) is 0 Å². The minimum absolute atomic E-state index is 0.276. The number of thiophene rings is 1. The summed E-state index contributed by atoms with van der Waals surface area (Å²) in [5, 5.41) is 10.4. The van der Waals surface area contributed by atoms with Crippen molar-refractivity contribution in [2.45, 2.75) is 33.1 Å². The molecule has 0 unspecified atom stereocenters. The highest BCUT2D eigenvalue weighted by molar-refractivity contribution is 7.09. The van der Waals surface area contributed by atoms with Crippen LogP contribution in [0.25, 0.3) is 0 Å². The number of carbonyl (C=O) groups is 1. The predicted molar refractivity (Wildman–Crippen MR) is 56.2 cm³/mol. The van der Waals surface area contributed by atoms with Gasteiger partial charge in [-0.15, -0.1) is 11.3 Å². The Kier molecular flexibility index (Phi) is 7.30. The number of aryl methyl sites for hydroxylation is 1. The minimum Gasteiger partial charge on any atom is -0.481 e. The molecule has 3 heteroatoms. The molecule has 0 bridgehead atoms. The molecule has 74 valence electrons. The summed E-state index contributed by atoms with van der Waals surface area (Å²) in [7, 11) is 0. The molecule has 0 aliphatic heterocycles. The Balaban J connectivity index is 0.000000671. The summed E-state index contributed by atoms with van der Waals surface area (Å²) in [6.45, 7) is 4.00. The summed E-state index contributed by atoms with van der Waals surface area (Å²) in [6, 6.07) is 4.02. The summed E-state index contributed by atoms with van der Waals surface area (Å²) in [4.78, 5) is 11.4. The van der Waals surface area contributed by atoms with Gasteiger partial charge in [0.05, 0.1) is 0 Å². The number of hydrogen-bond donors (Lipinski definition) is 1. The highest BCUT2D eigenvalue weighted by Crippen LogP contribution is 2.11. The van der Waals surface area contributed by atoms with Crippen molar-refractivity contribution >= 4 is 17.3 Å². The zero-order valence-corrected chi connectivity index (χ0v) is 8.93. The lowest BCUT2D eigenvalue weighted by molar-refractivity contribution is -0.137. The van der Waals surface area contributed by atoms with Crippen molar-refractivity contribution in [3.05, 3.63) is 22.4 Å². The van der Waals surface area contributed by atoms with Gasteiger partial charge in [0.2, 0.25) is 0 Å². The van der Waals surface area contributed by atoms with E-state index in [1.165, 1.54) is 4.88 Å². The third kappa shape index (κ3) is 6.34. The van der Waals surface area contributed by atoms with Gasteiger partial charge in [-0.1, -0.05) is 19.9 Å². The van der Waals surface area contributed by atoms with E-state index in [0.717, 1.165) is 12.8 Å². The molecule has 0 radical (unpaired) electrons. The van der Waals surface area contributed by atoms with Gasteiger partial charge in [0, 0.05) is 11.3 Å². The van der Waals surface area contributed by atoms with Gasteiger partial charge < -0.3 is 5.11 Å². The van der Waals surface area contributed by atoms with Gasteiger partial charge in [-0.2, -0.15) is 0 Å². The lowest BCUT2D eigenvalue weighted by Crippen LogP contribution is -1.94. The van der Waals surface area contributed by atoms with Crippen LogP contribution in [0.3, 0.4) is 0 Å². The van der Waals surface area contributed by atoms with Gasteiger partial charge >= 0.3 is 5.97 Å². The van der Waals surface area contributed by atoms with E-state index in [0.29, 0.717) is 0 Å². The molecule has 1 heterocycles. The maximum Gasteiger partial charge on any atom is 0.303 e. The van der Waals surface area contributed by atoms with Crippen LogP contribution >= 0.6 is 11.3 Å². The average Bonchev–Trinajstić information content (AvgIpc) is 2.60. The van der Waals surface area contributed by atoms with E-state index in [1.807, 2.05) is 31.4 Å². The van der Waals surface area contributed by atoms with Crippen molar-refractivity contribution in [2.24, 2.45) is 0 Å². The van der Waals surface area contributed by atoms with Gasteiger partial charge in [0.25, 0.3) is 0 Å². The molecule has 2 nitrogen and oxygen atoms in total. The smallest absolute Gasteiger partial charge is 0.303 e. The number of rotatable bonds is 4. The molecular weight excluding hydrogens is 184 g/mol. The van der Waals surface area contributed by atoms with Crippen LogP contribution in [0.5, 0.6) is 0 Å². The van der Waals surface area contributed by atoms with Crippen molar-refractivity contribution in [2.75, 3.05) is 0 Å². The first-order chi connectivity index (χ1) is 6.29. The average molecular weight is 200 g/mol. The Bertz CT molecular complexity index is 217. The first-order valence-electron chi connectivity index (χ1n) is 4.53. The van der Waals surface area contributed by atoms with E-state index < -0.39 is 5.97 Å². The molecule has 0 aromatic carbocycles. The molecule has 1 aromatic heterocycles. The summed E-state index contributed by atoms with van der Waals surface area (Å²) < 4.78 is 0. The second kappa shape index (κ2) is 7.80. The van der Waals surface area contributed by atoms with E-state index in [1.54, 1.807) is 11.3 Å². The highest BCUT2D eigenvalue weighted by atomic mass is 32.1. The van der Waals surface area contributed by atoms with Crippen LogP contribution in [0.4, 0.5) is 0 Å². The van der Waals surface area contributed by atoms with Crippen LogP contribution in [0.1, 0.15) is 31.6 Å². The Labute approximate surface area is 83.2 Å². The van der Waals surface area contributed by atoms with Crippen LogP contribution in [0.2, 0.25) is 0 Å². The normalized spacial score (nSPS) is 8.77. The summed E-state index contributed by atoms with van der Waals surface area (Å²) >= 11 is 1.68. The molecule has 0 spiro atoms. The van der Waals surface area contributed by atoms with Crippen molar-refractivity contribution in [1.29, 1.82) is 0 Å². The molecule has 13 heavy (non-hydrogen) atoms. The van der Waals surface area contributed by atoms with Gasteiger partial charge in [0.15, 0.2) is 0 Å². The lowest BCUT2D eigenvalue weighted by atomic mass is 10.2. The number of carboxylic acids is 1. The maximum absolute atomic E-state index is 10.1. The van der Waals surface area contributed by atoms with E-state index >= 15 is 0 Å². The number of aliphatic carboxylic acids is 1. The molecule has 0 aliphatic carbocycles. The molecule has 0 atom stereocenters. The van der Waals surface area contributed by atoms with Crippen LogP contribution in [-0.4, -0.2) is 11.1 Å². The molecule has 1 aromatic rings. The van der Waals surface area contributed by atoms with E-state index in [-0.39, 0.29) is 6.42 Å². The third-order valence-corrected chi connectivity index (χ3v) is 2.33. The van der Waals surface area contributed by atoms with Gasteiger partial charge in [-0.3, -0.25) is 4.79 Å². The minimum atomic E-state index is -0.707. The summed E-state index contributed by atoms with van der Waals surface area (Å²) in [5.41, 5.74) is 0. The standard InChI is InChI=1S/C8H10O2S.C2H6/c9-8(10)5-1-3-7-4-2-6-11-7;1-2/h2,4,6H,1,3,5H2,(H,9,10);1-2H3. The first kappa shape index (κ1) is 12.2. The van der Waals surface area contributed by atoms with Crippen LogP contribution in [-0.2, 0) is 11.2 Å². The maximum atomic E-state index is 10.1. The van der Waals surface area contributed by atoms with Gasteiger partial charge in [-0.25, -0.2) is 0 Å². The van der Waals surface area contributed by atoms with Crippen LogP contribution in [0.15, 0.2) is 17.5 Å². The molecule has 0 saturated heterocycles. The van der Waals surface area contributed by atoms with Crippen molar-refractivity contribution in [3.63, 3.8) is 0 Å². The van der Waals surface area contributed by atoms with E-state index in [9.17, 15) is 4.79 Å². The SMILES string of the molecule is CC.O=C(O)CCCc1cccs1. The Hall–Kier alpha value is -0.830. The summed E-state index contributed by atoms with van der Waals surface area (Å²) in [6.07, 6.45) is 1.91. The number of carboxylic acid groups (broad SMARTS) is 1. The highest BCUT2D eigenvalue weighted by Gasteiger charge is 1.97. The first-order valence-corrected chi connectivity index (χ1v) is 5.41. The van der Waals surface area contributed by atoms with Gasteiger partial charge in [0.1, 0.15) is 0 Å². The van der Waals surface area contributed by atoms with Crippen LogP contribution < -0.4 is 0 Å². The number of hydrogen-bond acceptors (Lipinski definition) is 2. The second-order valence-corrected chi connectivity index (χ2v) is 3.36. The third-order valence-electron chi connectivity index (χ3n) is 1.39. The predicted octanol–water partition coefficient (Wildman–Crippen LogP) is 3.18. The molecule has 0 fully saturated rings.